The Morgan fingerprint density at radius 2 is 2.29 bits per heavy atom. The summed E-state index contributed by atoms with van der Waals surface area (Å²) in [7, 11) is 4.10. The van der Waals surface area contributed by atoms with Crippen LogP contribution in [0, 0.1) is 0 Å². The van der Waals surface area contributed by atoms with E-state index in [9.17, 15) is 4.79 Å². The first kappa shape index (κ1) is 19.0. The minimum absolute atomic E-state index is 0.380. The van der Waals surface area contributed by atoms with Gasteiger partial charge in [-0.1, -0.05) is 0 Å². The summed E-state index contributed by atoms with van der Waals surface area (Å²) in [6, 6.07) is 5.09. The van der Waals surface area contributed by atoms with Crippen LogP contribution in [-0.4, -0.2) is 60.0 Å². The predicted molar refractivity (Wildman–Crippen MR) is 100 cm³/mol. The number of thioether (sulfide) groups is 1. The number of carboxylic acid groups (broad SMARTS) is 1. The van der Waals surface area contributed by atoms with Crippen LogP contribution in [0.15, 0.2) is 18.2 Å². The number of benzene rings is 1. The van der Waals surface area contributed by atoms with Gasteiger partial charge in [-0.25, -0.2) is 4.98 Å². The van der Waals surface area contributed by atoms with Gasteiger partial charge in [0.05, 0.1) is 16.8 Å². The molecule has 1 heterocycles. The van der Waals surface area contributed by atoms with Gasteiger partial charge in [-0.05, 0) is 38.7 Å². The zero-order valence-electron chi connectivity index (χ0n) is 13.9. The van der Waals surface area contributed by atoms with E-state index >= 15 is 0 Å². The molecule has 0 radical (unpaired) electrons. The number of hydrogen-bond acceptors (Lipinski definition) is 7. The summed E-state index contributed by atoms with van der Waals surface area (Å²) in [4.78, 5) is 17.4. The van der Waals surface area contributed by atoms with E-state index < -0.39 is 12.0 Å². The van der Waals surface area contributed by atoms with E-state index in [-0.39, 0.29) is 0 Å². The molecule has 8 heteroatoms. The molecule has 132 valence electrons. The van der Waals surface area contributed by atoms with Gasteiger partial charge in [0.25, 0.3) is 0 Å². The molecular weight excluding hydrogens is 346 g/mol. The van der Waals surface area contributed by atoms with Gasteiger partial charge in [-0.2, -0.15) is 11.8 Å². The third kappa shape index (κ3) is 5.94. The van der Waals surface area contributed by atoms with Crippen molar-refractivity contribution in [3.05, 3.63) is 23.2 Å². The van der Waals surface area contributed by atoms with E-state index in [2.05, 4.69) is 9.88 Å². The molecule has 24 heavy (non-hydrogen) atoms. The van der Waals surface area contributed by atoms with Crippen molar-refractivity contribution < 1.29 is 14.6 Å². The quantitative estimate of drug-likeness (QED) is 0.621. The van der Waals surface area contributed by atoms with Crippen molar-refractivity contribution in [1.29, 1.82) is 0 Å². The second-order valence-corrected chi connectivity index (χ2v) is 7.85. The van der Waals surface area contributed by atoms with Crippen molar-refractivity contribution in [1.82, 2.24) is 9.88 Å². The highest BCUT2D eigenvalue weighted by Gasteiger charge is 2.12. The van der Waals surface area contributed by atoms with Crippen LogP contribution in [0.3, 0.4) is 0 Å². The number of fused-ring (bicyclic) bond motifs is 1. The Bertz CT molecular complexity index is 676. The summed E-state index contributed by atoms with van der Waals surface area (Å²) in [5.41, 5.74) is 6.44. The average Bonchev–Trinajstić information content (AvgIpc) is 2.93. The maximum absolute atomic E-state index is 10.7. The van der Waals surface area contributed by atoms with E-state index in [0.717, 1.165) is 33.9 Å². The van der Waals surface area contributed by atoms with Crippen molar-refractivity contribution in [2.24, 2.45) is 5.73 Å². The highest BCUT2D eigenvalue weighted by molar-refractivity contribution is 7.98. The van der Waals surface area contributed by atoms with Gasteiger partial charge >= 0.3 is 5.97 Å². The zero-order chi connectivity index (χ0) is 17.5. The summed E-state index contributed by atoms with van der Waals surface area (Å²) < 4.78 is 6.86. The van der Waals surface area contributed by atoms with Crippen LogP contribution >= 0.6 is 23.1 Å². The van der Waals surface area contributed by atoms with Gasteiger partial charge in [0.2, 0.25) is 0 Å². The van der Waals surface area contributed by atoms with Crippen molar-refractivity contribution >= 4 is 39.3 Å². The van der Waals surface area contributed by atoms with E-state index in [0.29, 0.717) is 18.1 Å². The van der Waals surface area contributed by atoms with E-state index in [1.54, 1.807) is 11.3 Å². The third-order valence-electron chi connectivity index (χ3n) is 3.26. The lowest BCUT2D eigenvalue weighted by Gasteiger charge is -2.10. The van der Waals surface area contributed by atoms with Gasteiger partial charge in [0.1, 0.15) is 16.8 Å². The second-order valence-electron chi connectivity index (χ2n) is 5.70. The fourth-order valence-corrected chi connectivity index (χ4v) is 4.05. The fraction of sp³-hybridized carbons (Fsp3) is 0.500. The Hall–Kier alpha value is -1.35. The summed E-state index contributed by atoms with van der Waals surface area (Å²) in [6.07, 6.45) is 0.986. The molecule has 0 amide bonds. The second kappa shape index (κ2) is 9.22. The lowest BCUT2D eigenvalue weighted by Crippen LogP contribution is -2.32. The van der Waals surface area contributed by atoms with Gasteiger partial charge in [-0.15, -0.1) is 11.3 Å². The first-order chi connectivity index (χ1) is 11.5. The molecular formula is C16H23N3O3S2. The minimum atomic E-state index is -0.970. The van der Waals surface area contributed by atoms with Crippen LogP contribution in [0.5, 0.6) is 5.75 Å². The van der Waals surface area contributed by atoms with Crippen LogP contribution in [-0.2, 0) is 10.5 Å². The number of aromatic nitrogens is 1. The number of aliphatic carboxylic acids is 1. The third-order valence-corrected chi connectivity index (χ3v) is 5.54. The summed E-state index contributed by atoms with van der Waals surface area (Å²) in [6.45, 7) is 1.70. The van der Waals surface area contributed by atoms with Gasteiger partial charge in [-0.3, -0.25) is 4.79 Å². The molecule has 1 aromatic heterocycles. The normalized spacial score (nSPS) is 12.7. The lowest BCUT2D eigenvalue weighted by atomic mass is 10.3. The lowest BCUT2D eigenvalue weighted by molar-refractivity contribution is -0.137. The molecule has 0 aliphatic heterocycles. The first-order valence-corrected chi connectivity index (χ1v) is 9.66. The van der Waals surface area contributed by atoms with E-state index in [1.807, 2.05) is 32.3 Å². The van der Waals surface area contributed by atoms with Crippen LogP contribution in [0.4, 0.5) is 0 Å². The monoisotopic (exact) mass is 369 g/mol. The number of carbonyl (C=O) groups is 1. The largest absolute Gasteiger partial charge is 0.493 e. The molecule has 1 aromatic carbocycles. The molecule has 3 N–H and O–H groups in total. The smallest absolute Gasteiger partial charge is 0.321 e. The Morgan fingerprint density at radius 3 is 3.00 bits per heavy atom. The van der Waals surface area contributed by atoms with Crippen molar-refractivity contribution in [3.63, 3.8) is 0 Å². The maximum Gasteiger partial charge on any atom is 0.321 e. The SMILES string of the molecule is CN(C)CCCOc1ccc2nc(CSCC(N)C(=O)O)sc2c1. The van der Waals surface area contributed by atoms with Gasteiger partial charge in [0, 0.05) is 18.1 Å². The minimum Gasteiger partial charge on any atom is -0.493 e. The zero-order valence-corrected chi connectivity index (χ0v) is 15.5. The van der Waals surface area contributed by atoms with Gasteiger partial charge < -0.3 is 20.5 Å². The Labute approximate surface area is 150 Å². The number of nitrogens with two attached hydrogens (primary N) is 1. The van der Waals surface area contributed by atoms with Crippen molar-refractivity contribution in [2.75, 3.05) is 33.0 Å². The molecule has 6 nitrogen and oxygen atoms in total. The molecule has 0 bridgehead atoms. The fourth-order valence-electron chi connectivity index (χ4n) is 2.02. The van der Waals surface area contributed by atoms with Crippen LogP contribution in [0.25, 0.3) is 10.2 Å². The van der Waals surface area contributed by atoms with Crippen LogP contribution < -0.4 is 10.5 Å². The highest BCUT2D eigenvalue weighted by Crippen LogP contribution is 2.28. The molecule has 0 aliphatic carbocycles. The highest BCUT2D eigenvalue weighted by atomic mass is 32.2. The summed E-state index contributed by atoms with van der Waals surface area (Å²) in [5.74, 6) is 0.935. The maximum atomic E-state index is 10.7. The molecule has 0 aliphatic rings. The average molecular weight is 370 g/mol. The molecule has 0 saturated heterocycles. The number of rotatable bonds is 10. The molecule has 2 rings (SSSR count). The Morgan fingerprint density at radius 1 is 1.50 bits per heavy atom. The Kier molecular flexibility index (Phi) is 7.29. The molecule has 1 unspecified atom stereocenters. The number of thiazole rings is 1. The number of carboxylic acids is 1. The Balaban J connectivity index is 1.87. The molecule has 0 fully saturated rings. The van der Waals surface area contributed by atoms with Crippen molar-refractivity contribution in [2.45, 2.75) is 18.2 Å². The molecule has 1 atom stereocenters. The van der Waals surface area contributed by atoms with Crippen LogP contribution in [0.1, 0.15) is 11.4 Å². The number of hydrogen-bond donors (Lipinski definition) is 2. The van der Waals surface area contributed by atoms with E-state index in [1.165, 1.54) is 11.8 Å². The summed E-state index contributed by atoms with van der Waals surface area (Å²) in [5, 5.41) is 9.74. The number of ether oxygens (including phenoxy) is 1. The summed E-state index contributed by atoms with van der Waals surface area (Å²) >= 11 is 3.10. The number of nitrogens with zero attached hydrogens (tertiary/aromatic N) is 2. The first-order valence-electron chi connectivity index (χ1n) is 7.69. The van der Waals surface area contributed by atoms with Gasteiger partial charge in [0.15, 0.2) is 0 Å². The predicted octanol–water partition coefficient (Wildman–Crippen LogP) is 2.27. The topological polar surface area (TPSA) is 88.7 Å². The molecule has 2 aromatic rings. The standard InChI is InChI=1S/C16H23N3O3S2/c1-19(2)6-3-7-22-11-4-5-13-14(8-11)24-15(18-13)10-23-9-12(17)16(20)21/h4-5,8,12H,3,6-7,9-10,17H2,1-2H3,(H,20,21). The van der Waals surface area contributed by atoms with Crippen molar-refractivity contribution in [3.8, 4) is 5.75 Å². The molecule has 0 spiro atoms. The van der Waals surface area contributed by atoms with Crippen LogP contribution in [0.2, 0.25) is 0 Å². The van der Waals surface area contributed by atoms with E-state index in [4.69, 9.17) is 15.6 Å². The molecule has 0 saturated carbocycles.